The van der Waals surface area contributed by atoms with Crippen LogP contribution in [0.5, 0.6) is 0 Å². The summed E-state index contributed by atoms with van der Waals surface area (Å²) in [5, 5.41) is 3.51. The number of anilines is 1. The van der Waals surface area contributed by atoms with Gasteiger partial charge in [0.2, 0.25) is 0 Å². The number of hydrogen-bond donors (Lipinski definition) is 1. The van der Waals surface area contributed by atoms with Crippen molar-refractivity contribution < 1.29 is 8.78 Å². The first-order valence-corrected chi connectivity index (χ1v) is 8.80. The monoisotopic (exact) mass is 360 g/mol. The van der Waals surface area contributed by atoms with Gasteiger partial charge in [0.15, 0.2) is 0 Å². The minimum Gasteiger partial charge on any atom is -0.376 e. The van der Waals surface area contributed by atoms with Crippen LogP contribution in [0.15, 0.2) is 83.9 Å². The van der Waals surface area contributed by atoms with Gasteiger partial charge in [-0.3, -0.25) is 4.99 Å². The summed E-state index contributed by atoms with van der Waals surface area (Å²) >= 11 is 0. The third-order valence-electron chi connectivity index (χ3n) is 4.52. The Morgan fingerprint density at radius 1 is 0.815 bits per heavy atom. The molecule has 0 aromatic heterocycles. The Labute approximate surface area is 156 Å². The van der Waals surface area contributed by atoms with Gasteiger partial charge < -0.3 is 5.32 Å². The topological polar surface area (TPSA) is 24.4 Å². The molecule has 0 bridgehead atoms. The molecule has 134 valence electrons. The number of allylic oxidation sites excluding steroid dienone is 1. The van der Waals surface area contributed by atoms with Crippen molar-refractivity contribution in [3.05, 3.63) is 102 Å². The number of para-hydroxylation sites is 2. The van der Waals surface area contributed by atoms with E-state index in [4.69, 9.17) is 4.99 Å². The van der Waals surface area contributed by atoms with Crippen LogP contribution in [0, 0.1) is 11.6 Å². The highest BCUT2D eigenvalue weighted by Crippen LogP contribution is 2.34. The zero-order valence-electron chi connectivity index (χ0n) is 14.6. The molecule has 27 heavy (non-hydrogen) atoms. The summed E-state index contributed by atoms with van der Waals surface area (Å²) < 4.78 is 26.4. The minimum absolute atomic E-state index is 0.0223. The zero-order chi connectivity index (χ0) is 18.6. The van der Waals surface area contributed by atoms with E-state index in [1.54, 1.807) is 24.3 Å². The third kappa shape index (κ3) is 4.11. The molecule has 1 N–H and O–H groups in total. The fourth-order valence-electron chi connectivity index (χ4n) is 3.11. The molecule has 0 amide bonds. The number of nitrogens with zero attached hydrogens (tertiary/aromatic N) is 1. The van der Waals surface area contributed by atoms with Gasteiger partial charge in [-0.1, -0.05) is 42.5 Å². The lowest BCUT2D eigenvalue weighted by atomic mass is 10.0. The predicted octanol–water partition coefficient (Wildman–Crippen LogP) is 6.31. The summed E-state index contributed by atoms with van der Waals surface area (Å²) in [4.78, 5) is 4.78. The maximum Gasteiger partial charge on any atom is 0.123 e. The summed E-state index contributed by atoms with van der Waals surface area (Å²) in [6.07, 6.45) is 4.53. The lowest BCUT2D eigenvalue weighted by molar-refractivity contribution is 0.626. The average molecular weight is 360 g/mol. The van der Waals surface area contributed by atoms with Crippen LogP contribution in [0.2, 0.25) is 0 Å². The molecule has 0 fully saturated rings. The molecule has 0 saturated carbocycles. The molecule has 0 radical (unpaired) electrons. The Hall–Kier alpha value is -3.27. The molecule has 0 spiro atoms. The standard InChI is InChI=1S/C23H18F2N2/c24-18-10-5-16(6-11-18)7-14-20-15-23(17-8-12-19(25)13-9-17)27-22-4-2-1-3-21(22)26-20/h1-14,23,27H,15H2/b14-7+/t23-/m0/s1. The fraction of sp³-hybridized carbons (Fsp3) is 0.0870. The van der Waals surface area contributed by atoms with Crippen molar-refractivity contribution in [2.45, 2.75) is 12.5 Å². The molecule has 0 aliphatic carbocycles. The summed E-state index contributed by atoms with van der Waals surface area (Å²) in [7, 11) is 0. The van der Waals surface area contributed by atoms with Crippen molar-refractivity contribution >= 4 is 23.2 Å². The van der Waals surface area contributed by atoms with E-state index >= 15 is 0 Å². The van der Waals surface area contributed by atoms with Crippen molar-refractivity contribution in [3.8, 4) is 0 Å². The van der Waals surface area contributed by atoms with Crippen LogP contribution >= 0.6 is 0 Å². The van der Waals surface area contributed by atoms with Crippen LogP contribution in [0.25, 0.3) is 6.08 Å². The largest absolute Gasteiger partial charge is 0.376 e. The van der Waals surface area contributed by atoms with E-state index < -0.39 is 0 Å². The first kappa shape index (κ1) is 17.2. The lowest BCUT2D eigenvalue weighted by Gasteiger charge is -2.18. The number of halogens is 2. The molecule has 1 atom stereocenters. The van der Waals surface area contributed by atoms with Gasteiger partial charge in [0.25, 0.3) is 0 Å². The van der Waals surface area contributed by atoms with Gasteiger partial charge in [0.1, 0.15) is 11.6 Å². The van der Waals surface area contributed by atoms with Crippen molar-refractivity contribution in [3.63, 3.8) is 0 Å². The molecule has 2 nitrogen and oxygen atoms in total. The van der Waals surface area contributed by atoms with E-state index in [2.05, 4.69) is 5.32 Å². The number of benzene rings is 3. The van der Waals surface area contributed by atoms with Gasteiger partial charge in [-0.2, -0.15) is 0 Å². The van der Waals surface area contributed by atoms with E-state index in [1.807, 2.05) is 36.4 Å². The molecule has 3 aromatic rings. The molecule has 1 aliphatic rings. The highest BCUT2D eigenvalue weighted by Gasteiger charge is 2.18. The Morgan fingerprint density at radius 3 is 2.22 bits per heavy atom. The van der Waals surface area contributed by atoms with Crippen molar-refractivity contribution in [1.29, 1.82) is 0 Å². The number of fused-ring (bicyclic) bond motifs is 1. The SMILES string of the molecule is Fc1ccc(/C=C/C2=Nc3ccccc3N[C@H](c3ccc(F)cc3)C2)cc1. The van der Waals surface area contributed by atoms with Crippen LogP contribution in [0.1, 0.15) is 23.6 Å². The van der Waals surface area contributed by atoms with Crippen molar-refractivity contribution in [2.24, 2.45) is 4.99 Å². The second-order valence-corrected chi connectivity index (χ2v) is 6.46. The molecule has 4 heteroatoms. The van der Waals surface area contributed by atoms with E-state index in [9.17, 15) is 8.78 Å². The Bertz CT molecular complexity index is 990. The zero-order valence-corrected chi connectivity index (χ0v) is 14.6. The van der Waals surface area contributed by atoms with Gasteiger partial charge in [-0.25, -0.2) is 8.78 Å². The molecule has 4 rings (SSSR count). The van der Waals surface area contributed by atoms with Crippen LogP contribution in [-0.4, -0.2) is 5.71 Å². The van der Waals surface area contributed by atoms with Crippen molar-refractivity contribution in [2.75, 3.05) is 5.32 Å². The highest BCUT2D eigenvalue weighted by atomic mass is 19.1. The molecule has 3 aromatic carbocycles. The van der Waals surface area contributed by atoms with E-state index in [0.29, 0.717) is 6.42 Å². The molecule has 1 heterocycles. The Kier molecular flexibility index (Phi) is 4.79. The number of nitrogens with one attached hydrogen (secondary N) is 1. The first-order valence-electron chi connectivity index (χ1n) is 8.80. The van der Waals surface area contributed by atoms with Crippen LogP contribution < -0.4 is 5.32 Å². The first-order chi connectivity index (χ1) is 13.2. The number of rotatable bonds is 3. The van der Waals surface area contributed by atoms with E-state index in [1.165, 1.54) is 24.3 Å². The number of aliphatic imine (C=N–C) groups is 1. The Balaban J connectivity index is 1.67. The quantitative estimate of drug-likeness (QED) is 0.582. The van der Waals surface area contributed by atoms with Crippen LogP contribution in [0.4, 0.5) is 20.2 Å². The van der Waals surface area contributed by atoms with Crippen molar-refractivity contribution in [1.82, 2.24) is 0 Å². The molecular formula is C23H18F2N2. The molecule has 1 aliphatic heterocycles. The van der Waals surface area contributed by atoms with Gasteiger partial charge in [0.05, 0.1) is 17.4 Å². The summed E-state index contributed by atoms with van der Waals surface area (Å²) in [6.45, 7) is 0. The minimum atomic E-state index is -0.256. The maximum atomic E-state index is 13.3. The Morgan fingerprint density at radius 2 is 1.48 bits per heavy atom. The lowest BCUT2D eigenvalue weighted by Crippen LogP contribution is -2.12. The van der Waals surface area contributed by atoms with Gasteiger partial charge in [0, 0.05) is 12.1 Å². The second-order valence-electron chi connectivity index (χ2n) is 6.46. The summed E-state index contributed by atoms with van der Waals surface area (Å²) in [6, 6.07) is 20.7. The van der Waals surface area contributed by atoms with Gasteiger partial charge >= 0.3 is 0 Å². The third-order valence-corrected chi connectivity index (χ3v) is 4.52. The predicted molar refractivity (Wildman–Crippen MR) is 106 cm³/mol. The van der Waals surface area contributed by atoms with E-state index in [0.717, 1.165) is 28.2 Å². The normalized spacial score (nSPS) is 16.4. The molecule has 0 unspecified atom stereocenters. The maximum absolute atomic E-state index is 13.3. The smallest absolute Gasteiger partial charge is 0.123 e. The van der Waals surface area contributed by atoms with Crippen LogP contribution in [-0.2, 0) is 0 Å². The summed E-state index contributed by atoms with van der Waals surface area (Å²) in [5.41, 5.74) is 4.60. The van der Waals surface area contributed by atoms with Gasteiger partial charge in [-0.05, 0) is 53.6 Å². The highest BCUT2D eigenvalue weighted by molar-refractivity contribution is 6.02. The number of hydrogen-bond acceptors (Lipinski definition) is 2. The second kappa shape index (κ2) is 7.54. The van der Waals surface area contributed by atoms with Crippen LogP contribution in [0.3, 0.4) is 0 Å². The average Bonchev–Trinajstić information content (AvgIpc) is 2.87. The fourth-order valence-corrected chi connectivity index (χ4v) is 3.11. The van der Waals surface area contributed by atoms with Gasteiger partial charge in [-0.15, -0.1) is 0 Å². The molecular weight excluding hydrogens is 342 g/mol. The molecule has 0 saturated heterocycles. The van der Waals surface area contributed by atoms with E-state index in [-0.39, 0.29) is 17.7 Å². The summed E-state index contributed by atoms with van der Waals surface area (Å²) in [5.74, 6) is -0.508.